The van der Waals surface area contributed by atoms with Crippen LogP contribution in [0.1, 0.15) is 42.4 Å². The molecule has 0 aromatic heterocycles. The van der Waals surface area contributed by atoms with Crippen molar-refractivity contribution in [3.63, 3.8) is 0 Å². The van der Waals surface area contributed by atoms with Gasteiger partial charge < -0.3 is 5.73 Å². The van der Waals surface area contributed by atoms with Crippen LogP contribution in [0.15, 0.2) is 12.1 Å². The lowest BCUT2D eigenvalue weighted by Crippen LogP contribution is -2.21. The zero-order valence-corrected chi connectivity index (χ0v) is 9.93. The van der Waals surface area contributed by atoms with E-state index in [-0.39, 0.29) is 11.6 Å². The van der Waals surface area contributed by atoms with Crippen molar-refractivity contribution in [1.82, 2.24) is 0 Å². The number of hydrogen-bond acceptors (Lipinski definition) is 1. The summed E-state index contributed by atoms with van der Waals surface area (Å²) in [7, 11) is 0. The first-order valence-corrected chi connectivity index (χ1v) is 5.76. The highest BCUT2D eigenvalue weighted by atomic mass is 19.4. The molecule has 1 saturated carbocycles. The molecule has 0 spiro atoms. The van der Waals surface area contributed by atoms with Crippen LogP contribution in [0.25, 0.3) is 0 Å². The first kappa shape index (κ1) is 12.3. The zero-order valence-electron chi connectivity index (χ0n) is 9.93. The van der Waals surface area contributed by atoms with Crippen molar-refractivity contribution in [3.05, 3.63) is 28.8 Å². The van der Waals surface area contributed by atoms with Crippen molar-refractivity contribution in [2.75, 3.05) is 5.73 Å². The maximum Gasteiger partial charge on any atom is 0.416 e. The summed E-state index contributed by atoms with van der Waals surface area (Å²) in [5.41, 5.74) is 6.86. The lowest BCUT2D eigenvalue weighted by Gasteiger charge is -2.34. The lowest BCUT2D eigenvalue weighted by molar-refractivity contribution is -0.137. The summed E-state index contributed by atoms with van der Waals surface area (Å²) in [5, 5.41) is 0. The van der Waals surface area contributed by atoms with E-state index in [9.17, 15) is 13.2 Å². The van der Waals surface area contributed by atoms with Gasteiger partial charge in [0.2, 0.25) is 0 Å². The Balaban J connectivity index is 2.41. The summed E-state index contributed by atoms with van der Waals surface area (Å²) < 4.78 is 38.1. The monoisotopic (exact) mass is 243 g/mol. The Morgan fingerprint density at radius 3 is 2.29 bits per heavy atom. The van der Waals surface area contributed by atoms with Crippen molar-refractivity contribution in [1.29, 1.82) is 0 Å². The molecular formula is C13H16F3N. The molecule has 1 aromatic rings. The predicted molar refractivity (Wildman–Crippen MR) is 61.7 cm³/mol. The molecule has 0 unspecified atom stereocenters. The Morgan fingerprint density at radius 1 is 1.24 bits per heavy atom. The largest absolute Gasteiger partial charge is 0.416 e. The normalized spacial score (nSPS) is 24.5. The number of anilines is 1. The molecule has 94 valence electrons. The molecule has 0 bridgehead atoms. The van der Waals surface area contributed by atoms with Gasteiger partial charge in [-0.1, -0.05) is 6.92 Å². The Labute approximate surface area is 98.8 Å². The number of nitrogen functional groups attached to an aromatic ring is 1. The molecular weight excluding hydrogens is 227 g/mol. The maximum atomic E-state index is 12.7. The highest BCUT2D eigenvalue weighted by Gasteiger charge is 2.34. The molecule has 0 aliphatic heterocycles. The van der Waals surface area contributed by atoms with Crippen molar-refractivity contribution >= 4 is 5.69 Å². The van der Waals surface area contributed by atoms with Crippen LogP contribution in [0, 0.1) is 12.8 Å². The van der Waals surface area contributed by atoms with E-state index in [2.05, 4.69) is 6.92 Å². The maximum absolute atomic E-state index is 12.7. The topological polar surface area (TPSA) is 26.0 Å². The fraction of sp³-hybridized carbons (Fsp3) is 0.538. The Morgan fingerprint density at radius 2 is 1.82 bits per heavy atom. The average molecular weight is 243 g/mol. The van der Waals surface area contributed by atoms with Crippen LogP contribution in [0.4, 0.5) is 18.9 Å². The van der Waals surface area contributed by atoms with Crippen LogP contribution in [0.2, 0.25) is 0 Å². The highest BCUT2D eigenvalue weighted by Crippen LogP contribution is 2.45. The molecule has 17 heavy (non-hydrogen) atoms. The van der Waals surface area contributed by atoms with E-state index in [0.717, 1.165) is 30.0 Å². The van der Waals surface area contributed by atoms with Gasteiger partial charge in [0.25, 0.3) is 0 Å². The fourth-order valence-corrected chi connectivity index (χ4v) is 2.50. The third-order valence-corrected chi connectivity index (χ3v) is 3.63. The van der Waals surface area contributed by atoms with Crippen LogP contribution >= 0.6 is 0 Å². The average Bonchev–Trinajstić information content (AvgIpc) is 2.16. The van der Waals surface area contributed by atoms with Gasteiger partial charge in [0.1, 0.15) is 0 Å². The zero-order chi connectivity index (χ0) is 12.8. The molecule has 1 nitrogen and oxygen atoms in total. The van der Waals surface area contributed by atoms with Crippen LogP contribution in [0.5, 0.6) is 0 Å². The van der Waals surface area contributed by atoms with Crippen LogP contribution in [-0.2, 0) is 6.18 Å². The van der Waals surface area contributed by atoms with E-state index >= 15 is 0 Å². The number of alkyl halides is 3. The molecule has 2 N–H and O–H groups in total. The minimum atomic E-state index is -4.31. The van der Waals surface area contributed by atoms with Gasteiger partial charge >= 0.3 is 6.18 Å². The van der Waals surface area contributed by atoms with E-state index in [4.69, 9.17) is 5.73 Å². The van der Waals surface area contributed by atoms with Crippen molar-refractivity contribution in [2.45, 2.75) is 38.8 Å². The Kier molecular flexibility index (Phi) is 2.84. The molecule has 1 aliphatic rings. The van der Waals surface area contributed by atoms with Crippen LogP contribution in [0.3, 0.4) is 0 Å². The van der Waals surface area contributed by atoms with Crippen molar-refractivity contribution < 1.29 is 13.2 Å². The van der Waals surface area contributed by atoms with Crippen LogP contribution < -0.4 is 5.73 Å². The summed E-state index contributed by atoms with van der Waals surface area (Å²) in [4.78, 5) is 0. The van der Waals surface area contributed by atoms with Crippen LogP contribution in [-0.4, -0.2) is 0 Å². The van der Waals surface area contributed by atoms with Gasteiger partial charge in [0.05, 0.1) is 5.56 Å². The third kappa shape index (κ3) is 2.26. The van der Waals surface area contributed by atoms with Crippen molar-refractivity contribution in [3.8, 4) is 0 Å². The highest BCUT2D eigenvalue weighted by molar-refractivity contribution is 5.54. The number of nitrogens with two attached hydrogens (primary N) is 1. The molecule has 1 aromatic carbocycles. The molecule has 1 fully saturated rings. The molecule has 2 rings (SSSR count). The second-order valence-electron chi connectivity index (χ2n) is 5.05. The summed E-state index contributed by atoms with van der Waals surface area (Å²) in [6.07, 6.45) is -2.39. The number of benzene rings is 1. The molecule has 0 radical (unpaired) electrons. The first-order valence-electron chi connectivity index (χ1n) is 5.76. The van der Waals surface area contributed by atoms with E-state index in [0.29, 0.717) is 5.92 Å². The third-order valence-electron chi connectivity index (χ3n) is 3.63. The van der Waals surface area contributed by atoms with Gasteiger partial charge in [-0.15, -0.1) is 0 Å². The van der Waals surface area contributed by atoms with Gasteiger partial charge in [-0.25, -0.2) is 0 Å². The SMILES string of the molecule is Cc1c(N)cc(C(F)(F)F)cc1C1CC(C)C1. The minimum absolute atomic E-state index is 0.245. The second-order valence-corrected chi connectivity index (χ2v) is 5.05. The first-order chi connectivity index (χ1) is 7.79. The lowest BCUT2D eigenvalue weighted by atomic mass is 9.71. The molecule has 0 heterocycles. The second kappa shape index (κ2) is 3.93. The molecule has 0 atom stereocenters. The van der Waals surface area contributed by atoms with E-state index in [1.54, 1.807) is 6.92 Å². The summed E-state index contributed by atoms with van der Waals surface area (Å²) in [5.74, 6) is 0.852. The van der Waals surface area contributed by atoms with Crippen molar-refractivity contribution in [2.24, 2.45) is 5.92 Å². The molecule has 1 aliphatic carbocycles. The fourth-order valence-electron chi connectivity index (χ4n) is 2.50. The van der Waals surface area contributed by atoms with Gasteiger partial charge in [0.15, 0.2) is 0 Å². The summed E-state index contributed by atoms with van der Waals surface area (Å²) in [6.45, 7) is 3.91. The predicted octanol–water partition coefficient (Wildman–Crippen LogP) is 4.11. The standard InChI is InChI=1S/C13H16F3N/c1-7-3-9(4-7)11-5-10(13(14,15)16)6-12(17)8(11)2/h5-7,9H,3-4,17H2,1-2H3. The summed E-state index contributed by atoms with van der Waals surface area (Å²) in [6, 6.07) is 2.29. The van der Waals surface area contributed by atoms with Gasteiger partial charge in [0, 0.05) is 5.69 Å². The molecule has 4 heteroatoms. The van der Waals surface area contributed by atoms with Gasteiger partial charge in [-0.05, 0) is 54.9 Å². The Hall–Kier alpha value is -1.19. The van der Waals surface area contributed by atoms with E-state index in [1.165, 1.54) is 6.07 Å². The molecule has 0 amide bonds. The van der Waals surface area contributed by atoms with E-state index in [1.807, 2.05) is 0 Å². The van der Waals surface area contributed by atoms with E-state index < -0.39 is 11.7 Å². The quantitative estimate of drug-likeness (QED) is 0.738. The van der Waals surface area contributed by atoms with Gasteiger partial charge in [-0.2, -0.15) is 13.2 Å². The number of rotatable bonds is 1. The smallest absolute Gasteiger partial charge is 0.398 e. The van der Waals surface area contributed by atoms with Gasteiger partial charge in [-0.3, -0.25) is 0 Å². The Bertz CT molecular complexity index is 431. The number of halogens is 3. The minimum Gasteiger partial charge on any atom is -0.398 e. The number of hydrogen-bond donors (Lipinski definition) is 1. The summed E-state index contributed by atoms with van der Waals surface area (Å²) >= 11 is 0. The molecule has 0 saturated heterocycles.